The summed E-state index contributed by atoms with van der Waals surface area (Å²) < 4.78 is 47.2. The highest BCUT2D eigenvalue weighted by Crippen LogP contribution is 2.36. The first-order valence-electron chi connectivity index (χ1n) is 13.8. The molecule has 3 atom stereocenters. The lowest BCUT2D eigenvalue weighted by molar-refractivity contribution is -0.137. The number of alkyl halides is 3. The summed E-state index contributed by atoms with van der Waals surface area (Å²) in [6.45, 7) is 3.22. The maximum Gasteiger partial charge on any atom is 0.421 e. The number of hydrogen-bond donors (Lipinski definition) is 3. The zero-order chi connectivity index (χ0) is 29.7. The fraction of sp³-hybridized carbons (Fsp3) is 0.571. The number of likely N-dealkylation sites (N-methyl/N-ethyl adjacent to an activating group) is 2. The molecule has 1 aromatic carbocycles. The standard InChI is InChI=1S/C28H38F3N7O3/c1-17(39)38(3)23-10-6-5-9-21(23)34-25-20(28(29,30)31)15-32-27(36-25)35-22-12-11-18(14-24(22)41-4)26(40)33-19-8-7-13-37(2)16-19/h11-12,14-15,19,21,23H,5-10,13,16H2,1-4H3,(H,33,40)(H2,32,34,35,36)/t19?,21-,23-/m1/s1. The van der Waals surface area contributed by atoms with Crippen LogP contribution in [0.1, 0.15) is 61.4 Å². The first-order valence-corrected chi connectivity index (χ1v) is 13.8. The molecule has 10 nitrogen and oxygen atoms in total. The van der Waals surface area contributed by atoms with Gasteiger partial charge < -0.3 is 30.5 Å². The lowest BCUT2D eigenvalue weighted by atomic mass is 9.89. The van der Waals surface area contributed by atoms with Gasteiger partial charge in [0.15, 0.2) is 0 Å². The fourth-order valence-electron chi connectivity index (χ4n) is 5.52. The van der Waals surface area contributed by atoms with Gasteiger partial charge >= 0.3 is 6.18 Å². The summed E-state index contributed by atoms with van der Waals surface area (Å²) >= 11 is 0. The Hall–Kier alpha value is -3.61. The van der Waals surface area contributed by atoms with E-state index < -0.39 is 17.8 Å². The highest BCUT2D eigenvalue weighted by atomic mass is 19.4. The molecular formula is C28H38F3N7O3. The first-order chi connectivity index (χ1) is 19.5. The quantitative estimate of drug-likeness (QED) is 0.427. The topological polar surface area (TPSA) is 112 Å². The Morgan fingerprint density at radius 3 is 2.59 bits per heavy atom. The molecular weight excluding hydrogens is 539 g/mol. The van der Waals surface area contributed by atoms with Crippen molar-refractivity contribution < 1.29 is 27.5 Å². The summed E-state index contributed by atoms with van der Waals surface area (Å²) in [7, 11) is 5.12. The molecule has 41 heavy (non-hydrogen) atoms. The van der Waals surface area contributed by atoms with Crippen LogP contribution >= 0.6 is 0 Å². The molecule has 1 saturated heterocycles. The van der Waals surface area contributed by atoms with E-state index in [0.29, 0.717) is 29.8 Å². The number of amides is 2. The van der Waals surface area contributed by atoms with Crippen molar-refractivity contribution in [1.29, 1.82) is 0 Å². The molecule has 0 spiro atoms. The van der Waals surface area contributed by atoms with Gasteiger partial charge in [0.2, 0.25) is 11.9 Å². The molecule has 13 heteroatoms. The second-order valence-electron chi connectivity index (χ2n) is 10.8. The van der Waals surface area contributed by atoms with Gasteiger partial charge in [-0.2, -0.15) is 18.2 Å². The van der Waals surface area contributed by atoms with E-state index >= 15 is 0 Å². The highest BCUT2D eigenvalue weighted by molar-refractivity contribution is 5.95. The lowest BCUT2D eigenvalue weighted by Gasteiger charge is -2.38. The number of piperidine rings is 1. The summed E-state index contributed by atoms with van der Waals surface area (Å²) in [5.74, 6) is -0.512. The van der Waals surface area contributed by atoms with Crippen molar-refractivity contribution in [3.05, 3.63) is 35.5 Å². The van der Waals surface area contributed by atoms with Crippen LogP contribution in [0.2, 0.25) is 0 Å². The molecule has 2 heterocycles. The Morgan fingerprint density at radius 1 is 1.15 bits per heavy atom. The number of rotatable bonds is 8. The van der Waals surface area contributed by atoms with Gasteiger partial charge in [0.05, 0.1) is 18.8 Å². The Kier molecular flexibility index (Phi) is 9.57. The van der Waals surface area contributed by atoms with E-state index in [-0.39, 0.29) is 35.7 Å². The highest BCUT2D eigenvalue weighted by Gasteiger charge is 2.38. The average molecular weight is 578 g/mol. The van der Waals surface area contributed by atoms with E-state index in [2.05, 4.69) is 30.8 Å². The monoisotopic (exact) mass is 577 g/mol. The number of halogens is 3. The molecule has 224 valence electrons. The van der Waals surface area contributed by atoms with Gasteiger partial charge in [-0.25, -0.2) is 4.98 Å². The summed E-state index contributed by atoms with van der Waals surface area (Å²) in [5, 5.41) is 8.95. The van der Waals surface area contributed by atoms with E-state index in [1.165, 1.54) is 14.0 Å². The molecule has 2 aliphatic rings. The maximum absolute atomic E-state index is 13.9. The summed E-state index contributed by atoms with van der Waals surface area (Å²) in [5.41, 5.74) is -0.210. The number of nitrogens with zero attached hydrogens (tertiary/aromatic N) is 4. The second-order valence-corrected chi connectivity index (χ2v) is 10.8. The number of carbonyl (C=O) groups is 2. The number of ether oxygens (including phenoxy) is 1. The van der Waals surface area contributed by atoms with Gasteiger partial charge in [-0.15, -0.1) is 0 Å². The predicted octanol–water partition coefficient (Wildman–Crippen LogP) is 4.27. The number of nitrogens with one attached hydrogen (secondary N) is 3. The SMILES string of the molecule is COc1cc(C(=O)NC2CCCN(C)C2)ccc1Nc1ncc(C(F)(F)F)c(N[C@@H]2CCCC[C@H]2N(C)C(C)=O)n1. The Balaban J connectivity index is 1.55. The van der Waals surface area contributed by atoms with Crippen LogP contribution in [0.5, 0.6) is 5.75 Å². The molecule has 1 unspecified atom stereocenters. The molecule has 2 fully saturated rings. The molecule has 2 aromatic rings. The third-order valence-corrected chi connectivity index (χ3v) is 7.81. The van der Waals surface area contributed by atoms with Crippen molar-refractivity contribution in [2.75, 3.05) is 44.9 Å². The normalized spacial score (nSPS) is 21.6. The van der Waals surface area contributed by atoms with E-state index in [9.17, 15) is 22.8 Å². The van der Waals surface area contributed by atoms with Gasteiger partial charge in [-0.1, -0.05) is 12.8 Å². The summed E-state index contributed by atoms with van der Waals surface area (Å²) in [4.78, 5) is 36.7. The third kappa shape index (κ3) is 7.57. The molecule has 1 saturated carbocycles. The predicted molar refractivity (Wildman–Crippen MR) is 149 cm³/mol. The maximum atomic E-state index is 13.9. The van der Waals surface area contributed by atoms with Crippen LogP contribution in [0.15, 0.2) is 24.4 Å². The van der Waals surface area contributed by atoms with E-state index in [4.69, 9.17) is 4.74 Å². The summed E-state index contributed by atoms with van der Waals surface area (Å²) in [6, 6.07) is 4.17. The molecule has 0 radical (unpaired) electrons. The number of aromatic nitrogens is 2. The second kappa shape index (κ2) is 12.9. The molecule has 2 amide bonds. The van der Waals surface area contributed by atoms with Gasteiger partial charge in [0.25, 0.3) is 5.91 Å². The zero-order valence-corrected chi connectivity index (χ0v) is 23.8. The average Bonchev–Trinajstić information content (AvgIpc) is 2.92. The van der Waals surface area contributed by atoms with Crippen LogP contribution in [-0.4, -0.2) is 84.0 Å². The van der Waals surface area contributed by atoms with Crippen molar-refractivity contribution in [1.82, 2.24) is 25.1 Å². The molecule has 1 aliphatic heterocycles. The number of carbonyl (C=O) groups excluding carboxylic acids is 2. The molecule has 0 bridgehead atoms. The minimum absolute atomic E-state index is 0.0514. The smallest absolute Gasteiger partial charge is 0.421 e. The van der Waals surface area contributed by atoms with Crippen molar-refractivity contribution in [2.45, 2.75) is 69.8 Å². The first kappa shape index (κ1) is 30.4. The van der Waals surface area contributed by atoms with Crippen LogP contribution in [-0.2, 0) is 11.0 Å². The largest absolute Gasteiger partial charge is 0.495 e. The third-order valence-electron chi connectivity index (χ3n) is 7.81. The lowest BCUT2D eigenvalue weighted by Crippen LogP contribution is -2.49. The van der Waals surface area contributed by atoms with Crippen LogP contribution in [0.3, 0.4) is 0 Å². The van der Waals surface area contributed by atoms with Crippen molar-refractivity contribution >= 4 is 29.3 Å². The van der Waals surface area contributed by atoms with Crippen LogP contribution in [0.25, 0.3) is 0 Å². The summed E-state index contributed by atoms with van der Waals surface area (Å²) in [6.07, 6.45) is 0.950. The number of likely N-dealkylation sites (tertiary alicyclic amines) is 1. The van der Waals surface area contributed by atoms with E-state index in [0.717, 1.165) is 45.0 Å². The van der Waals surface area contributed by atoms with Gasteiger partial charge in [-0.3, -0.25) is 9.59 Å². The number of methoxy groups -OCH3 is 1. The van der Waals surface area contributed by atoms with Crippen molar-refractivity contribution in [3.8, 4) is 5.75 Å². The Labute approximate surface area is 238 Å². The van der Waals surface area contributed by atoms with Crippen LogP contribution < -0.4 is 20.7 Å². The number of anilines is 3. The zero-order valence-electron chi connectivity index (χ0n) is 23.8. The van der Waals surface area contributed by atoms with Crippen molar-refractivity contribution in [3.63, 3.8) is 0 Å². The minimum atomic E-state index is -4.68. The van der Waals surface area contributed by atoms with E-state index in [1.807, 2.05) is 7.05 Å². The number of benzene rings is 1. The minimum Gasteiger partial charge on any atom is -0.495 e. The van der Waals surface area contributed by atoms with Crippen molar-refractivity contribution in [2.24, 2.45) is 0 Å². The molecule has 1 aliphatic carbocycles. The van der Waals surface area contributed by atoms with Crippen LogP contribution in [0.4, 0.5) is 30.6 Å². The Bertz CT molecular complexity index is 1240. The molecule has 3 N–H and O–H groups in total. The number of hydrogen-bond acceptors (Lipinski definition) is 8. The van der Waals surface area contributed by atoms with Gasteiger partial charge in [0.1, 0.15) is 17.1 Å². The fourth-order valence-corrected chi connectivity index (χ4v) is 5.52. The molecule has 4 rings (SSSR count). The molecule has 1 aromatic heterocycles. The van der Waals surface area contributed by atoms with Crippen LogP contribution in [0, 0.1) is 0 Å². The van der Waals surface area contributed by atoms with Gasteiger partial charge in [-0.05, 0) is 57.5 Å². The van der Waals surface area contributed by atoms with E-state index in [1.54, 1.807) is 30.1 Å². The van der Waals surface area contributed by atoms with Gasteiger partial charge in [0, 0.05) is 44.4 Å². The Morgan fingerprint density at radius 2 is 1.90 bits per heavy atom.